The monoisotopic (exact) mass is 259 g/mol. The zero-order valence-electron chi connectivity index (χ0n) is 10.4. The molecule has 6 heteroatoms. The first-order chi connectivity index (χ1) is 8.99. The maximum Gasteiger partial charge on any atom is 0.322 e. The van der Waals surface area contributed by atoms with Crippen LogP contribution in [0.25, 0.3) is 0 Å². The fraction of sp³-hybridized carbons (Fsp3) is 0.308. The van der Waals surface area contributed by atoms with E-state index in [1.54, 1.807) is 19.1 Å². The smallest absolute Gasteiger partial charge is 0.322 e. The van der Waals surface area contributed by atoms with Crippen molar-refractivity contribution in [1.29, 1.82) is 0 Å². The summed E-state index contributed by atoms with van der Waals surface area (Å²) >= 11 is 0. The third kappa shape index (κ3) is 1.76. The van der Waals surface area contributed by atoms with Gasteiger partial charge in [0.2, 0.25) is 5.91 Å². The van der Waals surface area contributed by atoms with Crippen molar-refractivity contribution in [2.24, 2.45) is 0 Å². The summed E-state index contributed by atoms with van der Waals surface area (Å²) in [6.07, 6.45) is 1.08. The minimum atomic E-state index is -1.05. The summed E-state index contributed by atoms with van der Waals surface area (Å²) in [6.45, 7) is 1.66. The molecule has 2 aliphatic heterocycles. The number of rotatable bonds is 1. The second-order valence-electron chi connectivity index (χ2n) is 4.95. The summed E-state index contributed by atoms with van der Waals surface area (Å²) < 4.78 is 0. The molecule has 1 unspecified atom stereocenters. The quantitative estimate of drug-likeness (QED) is 0.646. The van der Waals surface area contributed by atoms with E-state index in [1.165, 1.54) is 0 Å². The fourth-order valence-corrected chi connectivity index (χ4v) is 2.44. The molecular weight excluding hydrogens is 246 g/mol. The molecule has 0 saturated carbocycles. The van der Waals surface area contributed by atoms with Crippen LogP contribution in [0.2, 0.25) is 0 Å². The molecule has 2 aliphatic rings. The number of hydrogen-bond donors (Lipinski definition) is 3. The highest BCUT2D eigenvalue weighted by Gasteiger charge is 2.43. The molecule has 0 spiro atoms. The molecule has 0 radical (unpaired) electrons. The molecule has 1 aromatic rings. The van der Waals surface area contributed by atoms with Crippen LogP contribution in [0.3, 0.4) is 0 Å². The number of aryl methyl sites for hydroxylation is 1. The summed E-state index contributed by atoms with van der Waals surface area (Å²) in [5, 5.41) is 7.64. The minimum absolute atomic E-state index is 0.00151. The molecule has 1 fully saturated rings. The Kier molecular flexibility index (Phi) is 2.35. The lowest BCUT2D eigenvalue weighted by Gasteiger charge is -2.24. The first kappa shape index (κ1) is 11.7. The van der Waals surface area contributed by atoms with Gasteiger partial charge in [-0.1, -0.05) is 12.1 Å². The summed E-state index contributed by atoms with van der Waals surface area (Å²) in [4.78, 5) is 34.4. The van der Waals surface area contributed by atoms with Crippen molar-refractivity contribution >= 4 is 23.5 Å². The number of fused-ring (bicyclic) bond motifs is 1. The highest BCUT2D eigenvalue weighted by atomic mass is 16.2. The van der Waals surface area contributed by atoms with Crippen molar-refractivity contribution in [3.8, 4) is 0 Å². The number of anilines is 1. The first-order valence-corrected chi connectivity index (χ1v) is 6.06. The standard InChI is InChI=1S/C13H13N3O3/c1-13(11(18)15-12(19)16-13)8-3-4-9-7(6-8)2-5-10(17)14-9/h3-4,6H,2,5H2,1H3,(H,14,17)(H2,15,16,18,19). The van der Waals surface area contributed by atoms with E-state index in [2.05, 4.69) is 16.0 Å². The van der Waals surface area contributed by atoms with Crippen LogP contribution < -0.4 is 16.0 Å². The predicted molar refractivity (Wildman–Crippen MR) is 67.4 cm³/mol. The van der Waals surface area contributed by atoms with Gasteiger partial charge in [-0.3, -0.25) is 14.9 Å². The van der Waals surface area contributed by atoms with E-state index in [9.17, 15) is 14.4 Å². The van der Waals surface area contributed by atoms with Crippen LogP contribution in [0.5, 0.6) is 0 Å². The Bertz CT molecular complexity index is 611. The average Bonchev–Trinajstić information content (AvgIpc) is 2.63. The number of amides is 4. The number of imide groups is 1. The topological polar surface area (TPSA) is 87.3 Å². The average molecular weight is 259 g/mol. The number of hydrogen-bond acceptors (Lipinski definition) is 3. The Labute approximate surface area is 109 Å². The maximum atomic E-state index is 11.9. The first-order valence-electron chi connectivity index (χ1n) is 6.06. The molecule has 6 nitrogen and oxygen atoms in total. The summed E-state index contributed by atoms with van der Waals surface area (Å²) in [5.74, 6) is -0.365. The van der Waals surface area contributed by atoms with Gasteiger partial charge in [-0.05, 0) is 30.5 Å². The van der Waals surface area contributed by atoms with Gasteiger partial charge in [0.25, 0.3) is 5.91 Å². The molecule has 0 bridgehead atoms. The van der Waals surface area contributed by atoms with Crippen molar-refractivity contribution in [2.75, 3.05) is 5.32 Å². The van der Waals surface area contributed by atoms with Crippen molar-refractivity contribution in [3.05, 3.63) is 29.3 Å². The Morgan fingerprint density at radius 1 is 1.11 bits per heavy atom. The van der Waals surface area contributed by atoms with Crippen molar-refractivity contribution in [2.45, 2.75) is 25.3 Å². The number of urea groups is 1. The van der Waals surface area contributed by atoms with E-state index in [0.29, 0.717) is 18.4 Å². The molecule has 2 heterocycles. The molecule has 4 amide bonds. The van der Waals surface area contributed by atoms with Gasteiger partial charge in [-0.2, -0.15) is 0 Å². The molecule has 1 saturated heterocycles. The Morgan fingerprint density at radius 2 is 1.89 bits per heavy atom. The van der Waals surface area contributed by atoms with Crippen molar-refractivity contribution < 1.29 is 14.4 Å². The lowest BCUT2D eigenvalue weighted by atomic mass is 9.89. The highest BCUT2D eigenvalue weighted by molar-refractivity contribution is 6.07. The van der Waals surface area contributed by atoms with Gasteiger partial charge in [0.15, 0.2) is 0 Å². The summed E-state index contributed by atoms with van der Waals surface area (Å²) in [6, 6.07) is 4.89. The third-order valence-corrected chi connectivity index (χ3v) is 3.62. The van der Waals surface area contributed by atoms with Crippen LogP contribution >= 0.6 is 0 Å². The van der Waals surface area contributed by atoms with E-state index < -0.39 is 11.6 Å². The van der Waals surface area contributed by atoms with Gasteiger partial charge in [0.1, 0.15) is 5.54 Å². The second kappa shape index (κ2) is 3.81. The van der Waals surface area contributed by atoms with E-state index in [1.807, 2.05) is 6.07 Å². The SMILES string of the molecule is CC1(c2ccc3c(c2)CCC(=O)N3)NC(=O)NC1=O. The highest BCUT2D eigenvalue weighted by Crippen LogP contribution is 2.30. The van der Waals surface area contributed by atoms with Gasteiger partial charge in [0.05, 0.1) is 0 Å². The van der Waals surface area contributed by atoms with Crippen LogP contribution in [-0.2, 0) is 21.5 Å². The Morgan fingerprint density at radius 3 is 2.58 bits per heavy atom. The van der Waals surface area contributed by atoms with Gasteiger partial charge < -0.3 is 10.6 Å². The van der Waals surface area contributed by atoms with Crippen molar-refractivity contribution in [3.63, 3.8) is 0 Å². The Balaban J connectivity index is 2.01. The van der Waals surface area contributed by atoms with Crippen LogP contribution in [-0.4, -0.2) is 17.8 Å². The molecule has 3 rings (SSSR count). The molecule has 1 atom stereocenters. The predicted octanol–water partition coefficient (Wildman–Crippen LogP) is 0.626. The molecule has 3 N–H and O–H groups in total. The number of benzene rings is 1. The van der Waals surface area contributed by atoms with Gasteiger partial charge in [-0.25, -0.2) is 4.79 Å². The second-order valence-corrected chi connectivity index (χ2v) is 4.95. The molecule has 1 aromatic carbocycles. The van der Waals surface area contributed by atoms with E-state index >= 15 is 0 Å². The fourth-order valence-electron chi connectivity index (χ4n) is 2.44. The number of carbonyl (C=O) groups is 3. The van der Waals surface area contributed by atoms with Crippen LogP contribution in [0.1, 0.15) is 24.5 Å². The zero-order chi connectivity index (χ0) is 13.6. The van der Waals surface area contributed by atoms with E-state index in [-0.39, 0.29) is 11.8 Å². The lowest BCUT2D eigenvalue weighted by molar-refractivity contribution is -0.123. The normalized spacial score (nSPS) is 25.4. The summed E-state index contributed by atoms with van der Waals surface area (Å²) in [7, 11) is 0. The van der Waals surface area contributed by atoms with Crippen LogP contribution in [0.15, 0.2) is 18.2 Å². The lowest BCUT2D eigenvalue weighted by Crippen LogP contribution is -2.40. The third-order valence-electron chi connectivity index (χ3n) is 3.62. The molecule has 0 aliphatic carbocycles. The summed E-state index contributed by atoms with van der Waals surface area (Å²) in [5.41, 5.74) is 1.42. The van der Waals surface area contributed by atoms with E-state index in [4.69, 9.17) is 0 Å². The van der Waals surface area contributed by atoms with Gasteiger partial charge in [0, 0.05) is 12.1 Å². The Hall–Kier alpha value is -2.37. The minimum Gasteiger partial charge on any atom is -0.326 e. The molecule has 98 valence electrons. The zero-order valence-corrected chi connectivity index (χ0v) is 10.4. The number of carbonyl (C=O) groups excluding carboxylic acids is 3. The largest absolute Gasteiger partial charge is 0.326 e. The molecule has 0 aromatic heterocycles. The van der Waals surface area contributed by atoms with Gasteiger partial charge >= 0.3 is 6.03 Å². The number of nitrogens with one attached hydrogen (secondary N) is 3. The van der Waals surface area contributed by atoms with Gasteiger partial charge in [-0.15, -0.1) is 0 Å². The molecule has 19 heavy (non-hydrogen) atoms. The van der Waals surface area contributed by atoms with E-state index in [0.717, 1.165) is 11.3 Å². The van der Waals surface area contributed by atoms with Crippen LogP contribution in [0, 0.1) is 0 Å². The molecular formula is C13H13N3O3. The van der Waals surface area contributed by atoms with Crippen LogP contribution in [0.4, 0.5) is 10.5 Å². The maximum absolute atomic E-state index is 11.9. The van der Waals surface area contributed by atoms with Crippen molar-refractivity contribution in [1.82, 2.24) is 10.6 Å².